The number of carbonyl (C=O) groups is 1. The zero-order chi connectivity index (χ0) is 9.68. The van der Waals surface area contributed by atoms with Gasteiger partial charge in [-0.25, -0.2) is 4.79 Å². The van der Waals surface area contributed by atoms with E-state index in [9.17, 15) is 4.79 Å². The SMILES string of the molecule is C#CC(C(=O)OC)=C1SCCCS1. The molecule has 4 heteroatoms. The zero-order valence-corrected chi connectivity index (χ0v) is 8.96. The van der Waals surface area contributed by atoms with E-state index in [-0.39, 0.29) is 0 Å². The molecule has 1 rings (SSSR count). The Morgan fingerprint density at radius 2 is 2.15 bits per heavy atom. The molecule has 0 amide bonds. The molecule has 0 aromatic heterocycles. The summed E-state index contributed by atoms with van der Waals surface area (Å²) in [6.07, 6.45) is 6.41. The first-order valence-corrected chi connectivity index (χ1v) is 5.81. The van der Waals surface area contributed by atoms with Gasteiger partial charge in [-0.15, -0.1) is 29.9 Å². The fraction of sp³-hybridized carbons (Fsp3) is 0.444. The summed E-state index contributed by atoms with van der Waals surface area (Å²) >= 11 is 3.28. The van der Waals surface area contributed by atoms with Crippen molar-refractivity contribution in [2.75, 3.05) is 18.6 Å². The first kappa shape index (κ1) is 10.6. The molecule has 0 aromatic rings. The number of rotatable bonds is 1. The van der Waals surface area contributed by atoms with Gasteiger partial charge in [0.05, 0.1) is 11.3 Å². The van der Waals surface area contributed by atoms with Gasteiger partial charge in [-0.2, -0.15) is 0 Å². The van der Waals surface area contributed by atoms with Crippen molar-refractivity contribution in [3.8, 4) is 12.3 Å². The van der Waals surface area contributed by atoms with Crippen LogP contribution in [0, 0.1) is 12.3 Å². The van der Waals surface area contributed by atoms with Crippen molar-refractivity contribution in [2.24, 2.45) is 0 Å². The van der Waals surface area contributed by atoms with Crippen molar-refractivity contribution >= 4 is 29.5 Å². The minimum atomic E-state index is -0.403. The molecule has 1 saturated heterocycles. The first-order chi connectivity index (χ1) is 6.29. The van der Waals surface area contributed by atoms with Gasteiger partial charge < -0.3 is 4.74 Å². The molecule has 0 saturated carbocycles. The van der Waals surface area contributed by atoms with Crippen LogP contribution < -0.4 is 0 Å². The summed E-state index contributed by atoms with van der Waals surface area (Å²) in [4.78, 5) is 11.2. The second-order valence-corrected chi connectivity index (χ2v) is 4.82. The monoisotopic (exact) mass is 214 g/mol. The van der Waals surface area contributed by atoms with E-state index in [2.05, 4.69) is 10.7 Å². The van der Waals surface area contributed by atoms with Gasteiger partial charge >= 0.3 is 5.97 Å². The van der Waals surface area contributed by atoms with Gasteiger partial charge in [-0.05, 0) is 17.9 Å². The van der Waals surface area contributed by atoms with Crippen LogP contribution in [0.3, 0.4) is 0 Å². The minimum absolute atomic E-state index is 0.372. The molecule has 0 spiro atoms. The molecule has 1 aliphatic heterocycles. The lowest BCUT2D eigenvalue weighted by molar-refractivity contribution is -0.135. The summed E-state index contributed by atoms with van der Waals surface area (Å²) in [5.74, 6) is 4.05. The largest absolute Gasteiger partial charge is 0.465 e. The Morgan fingerprint density at radius 1 is 1.54 bits per heavy atom. The third-order valence-electron chi connectivity index (χ3n) is 1.49. The van der Waals surface area contributed by atoms with Gasteiger partial charge in [-0.1, -0.05) is 5.92 Å². The van der Waals surface area contributed by atoms with E-state index in [0.717, 1.165) is 22.2 Å². The van der Waals surface area contributed by atoms with Crippen LogP contribution in [-0.2, 0) is 9.53 Å². The maximum absolute atomic E-state index is 11.2. The molecular weight excluding hydrogens is 204 g/mol. The van der Waals surface area contributed by atoms with Crippen molar-refractivity contribution in [3.63, 3.8) is 0 Å². The molecule has 2 nitrogen and oxygen atoms in total. The highest BCUT2D eigenvalue weighted by Gasteiger charge is 2.17. The predicted octanol–water partition coefficient (Wildman–Crippen LogP) is 1.87. The summed E-state index contributed by atoms with van der Waals surface area (Å²) in [5, 5.41) is 0. The van der Waals surface area contributed by atoms with Gasteiger partial charge in [0, 0.05) is 0 Å². The van der Waals surface area contributed by atoms with Gasteiger partial charge in [0.2, 0.25) is 0 Å². The number of methoxy groups -OCH3 is 1. The molecule has 1 heterocycles. The van der Waals surface area contributed by atoms with Crippen molar-refractivity contribution in [1.29, 1.82) is 0 Å². The highest BCUT2D eigenvalue weighted by molar-refractivity contribution is 8.22. The lowest BCUT2D eigenvalue weighted by Crippen LogP contribution is -2.06. The number of hydrogen-bond donors (Lipinski definition) is 0. The summed E-state index contributed by atoms with van der Waals surface area (Å²) < 4.78 is 5.52. The van der Waals surface area contributed by atoms with E-state index in [4.69, 9.17) is 6.42 Å². The zero-order valence-electron chi connectivity index (χ0n) is 7.33. The number of ether oxygens (including phenoxy) is 1. The smallest absolute Gasteiger partial charge is 0.348 e. The van der Waals surface area contributed by atoms with Crippen molar-refractivity contribution in [2.45, 2.75) is 6.42 Å². The Labute approximate surface area is 86.5 Å². The Bertz CT molecular complexity index is 268. The molecule has 0 N–H and O–H groups in total. The van der Waals surface area contributed by atoms with Crippen LogP contribution in [0.15, 0.2) is 9.81 Å². The average molecular weight is 214 g/mol. The quantitative estimate of drug-likeness (QED) is 0.378. The fourth-order valence-electron chi connectivity index (χ4n) is 0.878. The minimum Gasteiger partial charge on any atom is -0.465 e. The predicted molar refractivity (Wildman–Crippen MR) is 57.4 cm³/mol. The van der Waals surface area contributed by atoms with Crippen LogP contribution in [0.4, 0.5) is 0 Å². The number of esters is 1. The highest BCUT2D eigenvalue weighted by Crippen LogP contribution is 2.37. The average Bonchev–Trinajstić information content (AvgIpc) is 2.20. The van der Waals surface area contributed by atoms with E-state index < -0.39 is 5.97 Å². The van der Waals surface area contributed by atoms with Crippen LogP contribution in [0.1, 0.15) is 6.42 Å². The van der Waals surface area contributed by atoms with Crippen LogP contribution in [0.5, 0.6) is 0 Å². The van der Waals surface area contributed by atoms with Gasteiger partial charge in [0.1, 0.15) is 5.57 Å². The topological polar surface area (TPSA) is 26.3 Å². The van der Waals surface area contributed by atoms with E-state index >= 15 is 0 Å². The van der Waals surface area contributed by atoms with Crippen molar-refractivity contribution in [1.82, 2.24) is 0 Å². The third kappa shape index (κ3) is 2.71. The van der Waals surface area contributed by atoms with Crippen LogP contribution >= 0.6 is 23.5 Å². The number of carbonyl (C=O) groups excluding carboxylic acids is 1. The molecule has 1 aliphatic rings. The molecule has 1 fully saturated rings. The molecule has 0 unspecified atom stereocenters. The summed E-state index contributed by atoms with van der Waals surface area (Å²) in [6, 6.07) is 0. The maximum atomic E-state index is 11.2. The Balaban J connectivity index is 2.84. The molecular formula is C9H10O2S2. The Morgan fingerprint density at radius 3 is 2.62 bits per heavy atom. The van der Waals surface area contributed by atoms with Gasteiger partial charge in [0.25, 0.3) is 0 Å². The summed E-state index contributed by atoms with van der Waals surface area (Å²) in [6.45, 7) is 0. The fourth-order valence-corrected chi connectivity index (χ4v) is 3.42. The van der Waals surface area contributed by atoms with Gasteiger partial charge in [0.15, 0.2) is 0 Å². The number of hydrogen-bond acceptors (Lipinski definition) is 4. The highest BCUT2D eigenvalue weighted by atomic mass is 32.2. The first-order valence-electron chi connectivity index (χ1n) is 3.84. The molecule has 0 atom stereocenters. The van der Waals surface area contributed by atoms with E-state index in [1.807, 2.05) is 0 Å². The third-order valence-corrected chi connectivity index (χ3v) is 4.12. The van der Waals surface area contributed by atoms with Crippen molar-refractivity contribution < 1.29 is 9.53 Å². The Hall–Kier alpha value is -0.530. The van der Waals surface area contributed by atoms with Crippen LogP contribution in [0.2, 0.25) is 0 Å². The summed E-state index contributed by atoms with van der Waals surface area (Å²) in [5.41, 5.74) is 0.372. The number of thioether (sulfide) groups is 2. The van der Waals surface area contributed by atoms with E-state index in [0.29, 0.717) is 5.57 Å². The molecule has 0 aliphatic carbocycles. The van der Waals surface area contributed by atoms with Gasteiger partial charge in [-0.3, -0.25) is 0 Å². The Kier molecular flexibility index (Phi) is 4.26. The molecule has 13 heavy (non-hydrogen) atoms. The molecule has 70 valence electrons. The standard InChI is InChI=1S/C9H10O2S2/c1-3-7(8(10)11-2)9-12-5-4-6-13-9/h1H,4-6H2,2H3. The molecule has 0 aromatic carbocycles. The van der Waals surface area contributed by atoms with E-state index in [1.165, 1.54) is 7.11 Å². The summed E-state index contributed by atoms with van der Waals surface area (Å²) in [7, 11) is 1.35. The lowest BCUT2D eigenvalue weighted by Gasteiger charge is -2.13. The molecule has 0 bridgehead atoms. The molecule has 0 radical (unpaired) electrons. The second kappa shape index (κ2) is 5.25. The second-order valence-electron chi connectivity index (χ2n) is 2.35. The normalized spacial score (nSPS) is 16.2. The maximum Gasteiger partial charge on any atom is 0.348 e. The van der Waals surface area contributed by atoms with Crippen LogP contribution in [0.25, 0.3) is 0 Å². The lowest BCUT2D eigenvalue weighted by atomic mass is 10.3. The van der Waals surface area contributed by atoms with Crippen LogP contribution in [-0.4, -0.2) is 24.6 Å². The number of terminal acetylenes is 1. The van der Waals surface area contributed by atoms with Crippen molar-refractivity contribution in [3.05, 3.63) is 9.81 Å². The van der Waals surface area contributed by atoms with E-state index in [1.54, 1.807) is 23.5 Å².